The van der Waals surface area contributed by atoms with Gasteiger partial charge >= 0.3 is 0 Å². The second-order valence-corrected chi connectivity index (χ2v) is 6.29. The van der Waals surface area contributed by atoms with Gasteiger partial charge in [0.15, 0.2) is 0 Å². The van der Waals surface area contributed by atoms with Gasteiger partial charge < -0.3 is 5.32 Å². The van der Waals surface area contributed by atoms with E-state index < -0.39 is 0 Å². The Labute approximate surface area is 106 Å². The number of rotatable bonds is 4. The van der Waals surface area contributed by atoms with Crippen molar-refractivity contribution in [2.45, 2.75) is 39.2 Å². The van der Waals surface area contributed by atoms with E-state index in [4.69, 9.17) is 0 Å². The lowest BCUT2D eigenvalue weighted by Crippen LogP contribution is -2.28. The standard InChI is InChI=1S/C13H19N3S/c1-3-12-15-16-13(17-12)14-8(2)11-7-9-4-5-10(11)6-9/h4-5,8-11H,3,6-7H2,1-2H3,(H,14,16). The maximum Gasteiger partial charge on any atom is 0.205 e. The van der Waals surface area contributed by atoms with Crippen molar-refractivity contribution in [3.8, 4) is 0 Å². The smallest absolute Gasteiger partial charge is 0.205 e. The summed E-state index contributed by atoms with van der Waals surface area (Å²) in [5.74, 6) is 2.41. The predicted molar refractivity (Wildman–Crippen MR) is 71.2 cm³/mol. The molecule has 2 aliphatic rings. The van der Waals surface area contributed by atoms with Crippen LogP contribution in [0.2, 0.25) is 0 Å². The van der Waals surface area contributed by atoms with Crippen LogP contribution in [0.4, 0.5) is 5.13 Å². The largest absolute Gasteiger partial charge is 0.357 e. The summed E-state index contributed by atoms with van der Waals surface area (Å²) in [6.07, 6.45) is 8.50. The molecule has 1 fully saturated rings. The summed E-state index contributed by atoms with van der Waals surface area (Å²) in [5, 5.41) is 14.0. The molecule has 2 aliphatic carbocycles. The molecule has 4 atom stereocenters. The summed E-state index contributed by atoms with van der Waals surface area (Å²) < 4.78 is 0. The van der Waals surface area contributed by atoms with E-state index in [0.717, 1.165) is 34.3 Å². The molecule has 0 amide bonds. The molecule has 17 heavy (non-hydrogen) atoms. The van der Waals surface area contributed by atoms with Gasteiger partial charge in [-0.2, -0.15) is 0 Å². The molecular weight excluding hydrogens is 230 g/mol. The van der Waals surface area contributed by atoms with E-state index in [9.17, 15) is 0 Å². The van der Waals surface area contributed by atoms with Crippen molar-refractivity contribution < 1.29 is 0 Å². The van der Waals surface area contributed by atoms with Gasteiger partial charge in [0.05, 0.1) is 0 Å². The maximum absolute atomic E-state index is 4.20. The molecule has 1 aromatic rings. The highest BCUT2D eigenvalue weighted by Crippen LogP contribution is 2.45. The van der Waals surface area contributed by atoms with Gasteiger partial charge in [0.2, 0.25) is 5.13 Å². The fraction of sp³-hybridized carbons (Fsp3) is 0.692. The van der Waals surface area contributed by atoms with Crippen LogP contribution < -0.4 is 5.32 Å². The molecular formula is C13H19N3S. The van der Waals surface area contributed by atoms with Gasteiger partial charge in [-0.15, -0.1) is 10.2 Å². The predicted octanol–water partition coefficient (Wildman–Crippen LogP) is 3.11. The lowest BCUT2D eigenvalue weighted by molar-refractivity contribution is 0.399. The van der Waals surface area contributed by atoms with Crippen LogP contribution in [0.25, 0.3) is 0 Å². The van der Waals surface area contributed by atoms with E-state index in [1.54, 1.807) is 11.3 Å². The first-order valence-corrected chi connectivity index (χ1v) is 7.35. The summed E-state index contributed by atoms with van der Waals surface area (Å²) in [6.45, 7) is 4.40. The van der Waals surface area contributed by atoms with Crippen molar-refractivity contribution in [3.05, 3.63) is 17.2 Å². The Balaban J connectivity index is 1.63. The average Bonchev–Trinajstić information content (AvgIpc) is 3.04. The number of fused-ring (bicyclic) bond motifs is 2. The number of anilines is 1. The van der Waals surface area contributed by atoms with E-state index in [-0.39, 0.29) is 0 Å². The fourth-order valence-corrected chi connectivity index (χ4v) is 3.93. The average molecular weight is 249 g/mol. The third-order valence-corrected chi connectivity index (χ3v) is 5.09. The van der Waals surface area contributed by atoms with Crippen molar-refractivity contribution in [3.63, 3.8) is 0 Å². The molecule has 1 N–H and O–H groups in total. The van der Waals surface area contributed by atoms with Crippen LogP contribution in [0.15, 0.2) is 12.2 Å². The lowest BCUT2D eigenvalue weighted by Gasteiger charge is -2.25. The molecule has 0 spiro atoms. The lowest BCUT2D eigenvalue weighted by atomic mass is 9.88. The van der Waals surface area contributed by atoms with Crippen molar-refractivity contribution in [1.29, 1.82) is 0 Å². The Morgan fingerprint density at radius 3 is 2.88 bits per heavy atom. The number of hydrogen-bond acceptors (Lipinski definition) is 4. The Bertz CT molecular complexity index is 426. The molecule has 3 nitrogen and oxygen atoms in total. The Hall–Kier alpha value is -0.900. The van der Waals surface area contributed by atoms with Crippen molar-refractivity contribution in [1.82, 2.24) is 10.2 Å². The monoisotopic (exact) mass is 249 g/mol. The van der Waals surface area contributed by atoms with E-state index in [0.29, 0.717) is 6.04 Å². The zero-order chi connectivity index (χ0) is 11.8. The minimum atomic E-state index is 0.507. The first-order valence-electron chi connectivity index (χ1n) is 6.53. The topological polar surface area (TPSA) is 37.8 Å². The van der Waals surface area contributed by atoms with Crippen molar-refractivity contribution >= 4 is 16.5 Å². The zero-order valence-electron chi connectivity index (χ0n) is 10.4. The van der Waals surface area contributed by atoms with Crippen LogP contribution in [0.3, 0.4) is 0 Å². The zero-order valence-corrected chi connectivity index (χ0v) is 11.2. The molecule has 3 rings (SSSR count). The van der Waals surface area contributed by atoms with Crippen molar-refractivity contribution in [2.75, 3.05) is 5.32 Å². The van der Waals surface area contributed by atoms with Crippen LogP contribution in [0.5, 0.6) is 0 Å². The highest BCUT2D eigenvalue weighted by molar-refractivity contribution is 7.15. The van der Waals surface area contributed by atoms with Crippen LogP contribution in [-0.4, -0.2) is 16.2 Å². The first kappa shape index (κ1) is 11.2. The second-order valence-electron chi connectivity index (χ2n) is 5.23. The molecule has 4 heteroatoms. The summed E-state index contributed by atoms with van der Waals surface area (Å²) in [4.78, 5) is 0. The van der Waals surface area contributed by atoms with Gasteiger partial charge in [-0.3, -0.25) is 0 Å². The molecule has 1 saturated carbocycles. The molecule has 0 radical (unpaired) electrons. The summed E-state index contributed by atoms with van der Waals surface area (Å²) >= 11 is 1.69. The minimum absolute atomic E-state index is 0.507. The normalized spacial score (nSPS) is 32.0. The molecule has 4 unspecified atom stereocenters. The van der Waals surface area contributed by atoms with Crippen LogP contribution in [0.1, 0.15) is 31.7 Å². The number of nitrogens with zero attached hydrogens (tertiary/aromatic N) is 2. The van der Waals surface area contributed by atoms with E-state index >= 15 is 0 Å². The number of allylic oxidation sites excluding steroid dienone is 2. The van der Waals surface area contributed by atoms with Crippen molar-refractivity contribution in [2.24, 2.45) is 17.8 Å². The molecule has 0 aromatic carbocycles. The number of nitrogens with one attached hydrogen (secondary N) is 1. The SMILES string of the molecule is CCc1nnc(NC(C)C2CC3C=CC2C3)s1. The minimum Gasteiger partial charge on any atom is -0.357 e. The molecule has 1 aromatic heterocycles. The quantitative estimate of drug-likeness (QED) is 0.833. The summed E-state index contributed by atoms with van der Waals surface area (Å²) in [5.41, 5.74) is 0. The maximum atomic E-state index is 4.20. The molecule has 0 saturated heterocycles. The number of aromatic nitrogens is 2. The number of aryl methyl sites for hydroxylation is 1. The Kier molecular flexibility index (Phi) is 2.90. The Morgan fingerprint density at radius 2 is 2.29 bits per heavy atom. The third-order valence-electron chi connectivity index (χ3n) is 4.09. The van der Waals surface area contributed by atoms with Gasteiger partial charge in [-0.25, -0.2) is 0 Å². The third kappa shape index (κ3) is 2.10. The number of hydrogen-bond donors (Lipinski definition) is 1. The molecule has 92 valence electrons. The second kappa shape index (κ2) is 4.41. The van der Waals surface area contributed by atoms with E-state index in [1.807, 2.05) is 0 Å². The van der Waals surface area contributed by atoms with Gasteiger partial charge in [0.25, 0.3) is 0 Å². The van der Waals surface area contributed by atoms with Crippen LogP contribution in [0, 0.1) is 17.8 Å². The van der Waals surface area contributed by atoms with Crippen LogP contribution in [-0.2, 0) is 6.42 Å². The van der Waals surface area contributed by atoms with E-state index in [1.165, 1.54) is 12.8 Å². The van der Waals surface area contributed by atoms with Gasteiger partial charge in [-0.1, -0.05) is 30.4 Å². The fourth-order valence-electron chi connectivity index (χ4n) is 3.15. The van der Waals surface area contributed by atoms with Gasteiger partial charge in [0.1, 0.15) is 5.01 Å². The van der Waals surface area contributed by atoms with Gasteiger partial charge in [-0.05, 0) is 43.9 Å². The van der Waals surface area contributed by atoms with Crippen LogP contribution >= 0.6 is 11.3 Å². The highest BCUT2D eigenvalue weighted by Gasteiger charge is 2.38. The Morgan fingerprint density at radius 1 is 1.41 bits per heavy atom. The molecule has 1 heterocycles. The first-order chi connectivity index (χ1) is 8.26. The summed E-state index contributed by atoms with van der Waals surface area (Å²) in [7, 11) is 0. The highest BCUT2D eigenvalue weighted by atomic mass is 32.1. The van der Waals surface area contributed by atoms with Gasteiger partial charge in [0, 0.05) is 6.04 Å². The summed E-state index contributed by atoms with van der Waals surface area (Å²) in [6, 6.07) is 0.507. The molecule has 2 bridgehead atoms. The molecule has 0 aliphatic heterocycles. The van der Waals surface area contributed by atoms with E-state index in [2.05, 4.69) is 41.5 Å².